The number of amides is 7. The van der Waals surface area contributed by atoms with Crippen molar-refractivity contribution >= 4 is 59.1 Å². The van der Waals surface area contributed by atoms with Crippen molar-refractivity contribution in [3.05, 3.63) is 47.5 Å². The fraction of sp³-hybridized carbons (Fsp3) is 0.448. The Bertz CT molecular complexity index is 1330. The summed E-state index contributed by atoms with van der Waals surface area (Å²) in [6, 6.07) is 3.41. The Hall–Kier alpha value is -4.53. The highest BCUT2D eigenvalue weighted by atomic mass is 32.2. The Balaban J connectivity index is 1.66. The second kappa shape index (κ2) is 15.8. The van der Waals surface area contributed by atoms with E-state index in [1.54, 1.807) is 6.92 Å². The maximum atomic E-state index is 13.4. The van der Waals surface area contributed by atoms with Gasteiger partial charge >= 0.3 is 5.97 Å². The third-order valence-corrected chi connectivity index (χ3v) is 7.75. The number of nitrogens with zero attached hydrogens (tertiary/aromatic N) is 2. The quantitative estimate of drug-likeness (QED) is 0.228. The van der Waals surface area contributed by atoms with E-state index in [-0.39, 0.29) is 49.4 Å². The number of hydroxylamine groups is 2. The Morgan fingerprint density at radius 2 is 1.59 bits per heavy atom. The predicted octanol–water partition coefficient (Wildman–Crippen LogP) is 0.331. The lowest BCUT2D eigenvalue weighted by Gasteiger charge is -2.27. The zero-order valence-electron chi connectivity index (χ0n) is 24.6. The summed E-state index contributed by atoms with van der Waals surface area (Å²) in [7, 11) is 0. The van der Waals surface area contributed by atoms with E-state index in [1.165, 1.54) is 36.0 Å². The molecule has 1 fully saturated rings. The zero-order valence-corrected chi connectivity index (χ0v) is 25.4. The lowest BCUT2D eigenvalue weighted by Crippen LogP contribution is -2.56. The summed E-state index contributed by atoms with van der Waals surface area (Å²) >= 11 is 1.46. The molecule has 236 valence electrons. The molecule has 3 N–H and O–H groups in total. The van der Waals surface area contributed by atoms with Gasteiger partial charge in [-0.1, -0.05) is 26.3 Å². The van der Waals surface area contributed by atoms with Gasteiger partial charge in [0.15, 0.2) is 0 Å². The molecule has 3 rings (SSSR count). The molecule has 1 saturated heterocycles. The van der Waals surface area contributed by atoms with E-state index in [0.29, 0.717) is 17.2 Å². The third-order valence-electron chi connectivity index (χ3n) is 7.10. The van der Waals surface area contributed by atoms with Crippen LogP contribution in [0.25, 0.3) is 0 Å². The molecule has 2 heterocycles. The molecular formula is C29H35N5O9S. The number of thioether (sulfide) groups is 1. The predicted molar refractivity (Wildman–Crippen MR) is 157 cm³/mol. The summed E-state index contributed by atoms with van der Waals surface area (Å²) in [5, 5.41) is 8.45. The van der Waals surface area contributed by atoms with Crippen molar-refractivity contribution in [2.75, 3.05) is 25.1 Å². The summed E-state index contributed by atoms with van der Waals surface area (Å²) in [5.41, 5.74) is -0.0610. The standard InChI is InChI=1S/C29H35N5O9S/c1-4-17(2)25(28(41)30-13-14-33-21(35)8-9-22(33)36)32-27(40)20(12-15-44-3)31-26(39)18-6-5-7-19(16-18)29(42)43-34-23(37)10-11-24(34)38/h5-9,16-17,20,25H,4,10-15H2,1-3H3,(H,30,41)(H,31,39)(H,32,40)/t17-,20-,25-/m0/s1. The van der Waals surface area contributed by atoms with Gasteiger partial charge in [0.1, 0.15) is 12.1 Å². The van der Waals surface area contributed by atoms with E-state index >= 15 is 0 Å². The molecule has 2 aliphatic heterocycles. The van der Waals surface area contributed by atoms with E-state index in [4.69, 9.17) is 4.84 Å². The van der Waals surface area contributed by atoms with Gasteiger partial charge in [-0.2, -0.15) is 11.8 Å². The normalized spacial score (nSPS) is 16.5. The minimum Gasteiger partial charge on any atom is -0.353 e. The average Bonchev–Trinajstić information content (AvgIpc) is 3.51. The van der Waals surface area contributed by atoms with Crippen LogP contribution in [0.3, 0.4) is 0 Å². The van der Waals surface area contributed by atoms with Crippen molar-refractivity contribution in [3.63, 3.8) is 0 Å². The first-order chi connectivity index (χ1) is 21.0. The lowest BCUT2D eigenvalue weighted by atomic mass is 9.97. The van der Waals surface area contributed by atoms with E-state index < -0.39 is 59.4 Å². The van der Waals surface area contributed by atoms with Gasteiger partial charge < -0.3 is 20.8 Å². The minimum atomic E-state index is -1.03. The number of rotatable bonds is 15. The number of nitrogens with one attached hydrogen (secondary N) is 3. The molecule has 0 aromatic heterocycles. The molecule has 1 aromatic carbocycles. The summed E-state index contributed by atoms with van der Waals surface area (Å²) < 4.78 is 0. The molecule has 0 aliphatic carbocycles. The van der Waals surface area contributed by atoms with Crippen LogP contribution in [-0.4, -0.2) is 94.5 Å². The van der Waals surface area contributed by atoms with Crippen molar-refractivity contribution < 1.29 is 43.2 Å². The van der Waals surface area contributed by atoms with Crippen molar-refractivity contribution in [1.82, 2.24) is 25.9 Å². The van der Waals surface area contributed by atoms with Crippen LogP contribution in [0.15, 0.2) is 36.4 Å². The van der Waals surface area contributed by atoms with Gasteiger partial charge in [0.05, 0.1) is 5.56 Å². The number of carbonyl (C=O) groups is 8. The fourth-order valence-electron chi connectivity index (χ4n) is 4.34. The van der Waals surface area contributed by atoms with Crippen LogP contribution in [0.4, 0.5) is 0 Å². The maximum absolute atomic E-state index is 13.4. The Morgan fingerprint density at radius 3 is 2.20 bits per heavy atom. The van der Waals surface area contributed by atoms with Crippen molar-refractivity contribution in [3.8, 4) is 0 Å². The maximum Gasteiger partial charge on any atom is 0.363 e. The number of hydrogen-bond acceptors (Lipinski definition) is 10. The lowest BCUT2D eigenvalue weighted by molar-refractivity contribution is -0.172. The summed E-state index contributed by atoms with van der Waals surface area (Å²) in [5.74, 6) is -4.77. The average molecular weight is 630 g/mol. The smallest absolute Gasteiger partial charge is 0.353 e. The van der Waals surface area contributed by atoms with Crippen LogP contribution < -0.4 is 16.0 Å². The summed E-state index contributed by atoms with van der Waals surface area (Å²) in [6.07, 6.45) is 4.79. The third kappa shape index (κ3) is 8.75. The molecule has 14 nitrogen and oxygen atoms in total. The van der Waals surface area contributed by atoms with E-state index in [2.05, 4.69) is 16.0 Å². The van der Waals surface area contributed by atoms with Crippen molar-refractivity contribution in [2.45, 2.75) is 51.6 Å². The van der Waals surface area contributed by atoms with E-state index in [1.807, 2.05) is 13.2 Å². The molecule has 0 saturated carbocycles. The summed E-state index contributed by atoms with van der Waals surface area (Å²) in [6.45, 7) is 3.60. The van der Waals surface area contributed by atoms with Gasteiger partial charge in [0.25, 0.3) is 29.5 Å². The van der Waals surface area contributed by atoms with Crippen LogP contribution in [0.1, 0.15) is 60.2 Å². The topological polar surface area (TPSA) is 188 Å². The molecular weight excluding hydrogens is 594 g/mol. The highest BCUT2D eigenvalue weighted by Gasteiger charge is 2.34. The zero-order chi connectivity index (χ0) is 32.4. The monoisotopic (exact) mass is 629 g/mol. The number of carbonyl (C=O) groups excluding carboxylic acids is 8. The highest BCUT2D eigenvalue weighted by Crippen LogP contribution is 2.16. The van der Waals surface area contributed by atoms with Gasteiger partial charge in [0.2, 0.25) is 11.8 Å². The van der Waals surface area contributed by atoms with E-state index in [0.717, 1.165) is 17.1 Å². The van der Waals surface area contributed by atoms with Gasteiger partial charge in [-0.3, -0.25) is 38.5 Å². The second-order valence-corrected chi connectivity index (χ2v) is 11.2. The van der Waals surface area contributed by atoms with E-state index in [9.17, 15) is 38.4 Å². The largest absolute Gasteiger partial charge is 0.363 e. The number of imide groups is 2. The highest BCUT2D eigenvalue weighted by molar-refractivity contribution is 7.98. The van der Waals surface area contributed by atoms with Gasteiger partial charge in [-0.15, -0.1) is 5.06 Å². The SMILES string of the molecule is CC[C@H](C)[C@H](NC(=O)[C@H](CCSC)NC(=O)c1cccc(C(=O)ON2C(=O)CCC2=O)c1)C(=O)NCCN1C(=O)C=CC1=O. The van der Waals surface area contributed by atoms with Gasteiger partial charge in [-0.25, -0.2) is 4.79 Å². The van der Waals surface area contributed by atoms with Crippen molar-refractivity contribution in [2.24, 2.45) is 5.92 Å². The minimum absolute atomic E-state index is 0.00765. The molecule has 1 aromatic rings. The summed E-state index contributed by atoms with van der Waals surface area (Å²) in [4.78, 5) is 105. The molecule has 3 atom stereocenters. The molecule has 15 heteroatoms. The molecule has 0 radical (unpaired) electrons. The number of hydrogen-bond donors (Lipinski definition) is 3. The van der Waals surface area contributed by atoms with Crippen molar-refractivity contribution in [1.29, 1.82) is 0 Å². The Kier molecular flexibility index (Phi) is 12.2. The fourth-order valence-corrected chi connectivity index (χ4v) is 4.81. The Labute approximate surface area is 258 Å². The van der Waals surface area contributed by atoms with Crippen LogP contribution >= 0.6 is 11.8 Å². The molecule has 7 amide bonds. The molecule has 2 aliphatic rings. The molecule has 0 unspecified atom stereocenters. The van der Waals surface area contributed by atoms with Gasteiger partial charge in [-0.05, 0) is 42.5 Å². The van der Waals surface area contributed by atoms with Crippen LogP contribution in [0, 0.1) is 5.92 Å². The van der Waals surface area contributed by atoms with Crippen LogP contribution in [0.2, 0.25) is 0 Å². The second-order valence-electron chi connectivity index (χ2n) is 10.2. The molecule has 44 heavy (non-hydrogen) atoms. The first-order valence-corrected chi connectivity index (χ1v) is 15.5. The van der Waals surface area contributed by atoms with Crippen LogP contribution in [-0.2, 0) is 33.6 Å². The first kappa shape index (κ1) is 34.0. The Morgan fingerprint density at radius 1 is 0.955 bits per heavy atom. The van der Waals surface area contributed by atoms with Crippen LogP contribution in [0.5, 0.6) is 0 Å². The number of benzene rings is 1. The first-order valence-electron chi connectivity index (χ1n) is 14.1. The molecule has 0 spiro atoms. The van der Waals surface area contributed by atoms with Gasteiger partial charge in [0, 0.05) is 43.6 Å². The molecule has 0 bridgehead atoms.